The molecule has 1 fully saturated rings. The highest BCUT2D eigenvalue weighted by molar-refractivity contribution is 5.79. The number of guanidine groups is 1. The molecule has 0 atom stereocenters. The van der Waals surface area contributed by atoms with E-state index >= 15 is 0 Å². The molecule has 1 amide bonds. The van der Waals surface area contributed by atoms with Crippen LogP contribution < -0.4 is 10.6 Å². The maximum absolute atomic E-state index is 12.3. The summed E-state index contributed by atoms with van der Waals surface area (Å²) >= 11 is 0. The highest BCUT2D eigenvalue weighted by Gasteiger charge is 2.34. The van der Waals surface area contributed by atoms with Gasteiger partial charge in [-0.25, -0.2) is 4.79 Å². The first-order chi connectivity index (χ1) is 11.9. The Kier molecular flexibility index (Phi) is 6.73. The minimum Gasteiger partial charge on any atom is -0.444 e. The minimum atomic E-state index is -0.465. The second-order valence-electron chi connectivity index (χ2n) is 7.25. The maximum atomic E-state index is 12.3. The number of carbonyl (C=O) groups excluding carboxylic acids is 1. The Morgan fingerprint density at radius 1 is 1.24 bits per heavy atom. The summed E-state index contributed by atoms with van der Waals surface area (Å²) in [6.45, 7) is 8.59. The quantitative estimate of drug-likeness (QED) is 0.584. The number of aromatic nitrogens is 1. The Morgan fingerprint density at radius 2 is 1.88 bits per heavy atom. The molecule has 1 aromatic rings. The zero-order valence-corrected chi connectivity index (χ0v) is 15.8. The first-order valence-corrected chi connectivity index (χ1v) is 8.94. The molecular weight excluding hydrogens is 318 g/mol. The standard InChI is InChI=1S/C18H31N5O2/c1-18(2,3)25-17(24)23(15-7-8-15)14-10-21-16(19-4)20-9-13-22-11-5-6-12-22/h5-6,11-12,15H,7-10,13-14H2,1-4H3,(H2,19,20,21). The number of nitrogens with zero attached hydrogens (tertiary/aromatic N) is 3. The number of carbonyl (C=O) groups is 1. The van der Waals surface area contributed by atoms with Crippen molar-refractivity contribution in [3.63, 3.8) is 0 Å². The van der Waals surface area contributed by atoms with Gasteiger partial charge in [0.25, 0.3) is 0 Å². The molecule has 0 spiro atoms. The van der Waals surface area contributed by atoms with E-state index in [1.165, 1.54) is 0 Å². The first-order valence-electron chi connectivity index (χ1n) is 8.94. The monoisotopic (exact) mass is 349 g/mol. The smallest absolute Gasteiger partial charge is 0.410 e. The number of aliphatic imine (C=N–C) groups is 1. The summed E-state index contributed by atoms with van der Waals surface area (Å²) in [6.07, 6.45) is 5.96. The summed E-state index contributed by atoms with van der Waals surface area (Å²) in [6, 6.07) is 4.34. The molecular formula is C18H31N5O2. The van der Waals surface area contributed by atoms with Gasteiger partial charge in [-0.15, -0.1) is 0 Å². The fraction of sp³-hybridized carbons (Fsp3) is 0.667. The number of nitrogens with one attached hydrogen (secondary N) is 2. The van der Waals surface area contributed by atoms with Crippen LogP contribution in [0.5, 0.6) is 0 Å². The van der Waals surface area contributed by atoms with Crippen LogP contribution in [0.3, 0.4) is 0 Å². The van der Waals surface area contributed by atoms with E-state index < -0.39 is 5.60 Å². The molecule has 0 saturated heterocycles. The molecule has 1 heterocycles. The van der Waals surface area contributed by atoms with Gasteiger partial charge in [-0.05, 0) is 45.7 Å². The third-order valence-electron chi connectivity index (χ3n) is 3.81. The molecule has 7 nitrogen and oxygen atoms in total. The molecule has 2 N–H and O–H groups in total. The molecule has 25 heavy (non-hydrogen) atoms. The van der Waals surface area contributed by atoms with Crippen LogP contribution in [0, 0.1) is 0 Å². The summed E-state index contributed by atoms with van der Waals surface area (Å²) in [7, 11) is 1.75. The van der Waals surface area contributed by atoms with Gasteiger partial charge in [-0.3, -0.25) is 4.99 Å². The largest absolute Gasteiger partial charge is 0.444 e. The number of ether oxygens (including phenoxy) is 1. The van der Waals surface area contributed by atoms with Crippen molar-refractivity contribution in [3.05, 3.63) is 24.5 Å². The zero-order chi connectivity index (χ0) is 18.3. The number of hydrogen-bond donors (Lipinski definition) is 2. The molecule has 0 aliphatic heterocycles. The molecule has 0 unspecified atom stereocenters. The molecule has 1 aliphatic rings. The van der Waals surface area contributed by atoms with Crippen LogP contribution in [-0.4, -0.2) is 59.8 Å². The van der Waals surface area contributed by atoms with Crippen molar-refractivity contribution in [1.82, 2.24) is 20.1 Å². The van der Waals surface area contributed by atoms with Crippen molar-refractivity contribution in [2.45, 2.75) is 51.8 Å². The second kappa shape index (κ2) is 8.78. The van der Waals surface area contributed by atoms with Crippen LogP contribution >= 0.6 is 0 Å². The van der Waals surface area contributed by atoms with Gasteiger partial charge < -0.3 is 24.8 Å². The molecule has 7 heteroatoms. The first kappa shape index (κ1) is 19.1. The van der Waals surface area contributed by atoms with Crippen molar-refractivity contribution >= 4 is 12.1 Å². The lowest BCUT2D eigenvalue weighted by atomic mass is 10.2. The Hall–Kier alpha value is -2.18. The van der Waals surface area contributed by atoms with E-state index in [4.69, 9.17) is 4.74 Å². The fourth-order valence-corrected chi connectivity index (χ4v) is 2.47. The lowest BCUT2D eigenvalue weighted by molar-refractivity contribution is 0.0238. The zero-order valence-electron chi connectivity index (χ0n) is 15.8. The average molecular weight is 349 g/mol. The molecule has 2 rings (SSSR count). The van der Waals surface area contributed by atoms with Crippen molar-refractivity contribution in [2.24, 2.45) is 4.99 Å². The van der Waals surface area contributed by atoms with Crippen LogP contribution in [0.4, 0.5) is 4.79 Å². The number of rotatable bonds is 7. The Balaban J connectivity index is 1.71. The summed E-state index contributed by atoms with van der Waals surface area (Å²) in [4.78, 5) is 18.4. The van der Waals surface area contributed by atoms with E-state index in [-0.39, 0.29) is 6.09 Å². The lowest BCUT2D eigenvalue weighted by Gasteiger charge is -2.27. The normalized spacial score (nSPS) is 15.0. The van der Waals surface area contributed by atoms with Crippen LogP contribution in [0.1, 0.15) is 33.6 Å². The van der Waals surface area contributed by atoms with E-state index in [9.17, 15) is 4.79 Å². The highest BCUT2D eigenvalue weighted by atomic mass is 16.6. The predicted octanol–water partition coefficient (Wildman–Crippen LogP) is 2.05. The Bertz CT molecular complexity index is 559. The van der Waals surface area contributed by atoms with E-state index in [1.54, 1.807) is 7.05 Å². The minimum absolute atomic E-state index is 0.229. The van der Waals surface area contributed by atoms with Gasteiger partial charge >= 0.3 is 6.09 Å². The summed E-state index contributed by atoms with van der Waals surface area (Å²) < 4.78 is 7.61. The average Bonchev–Trinajstić information content (AvgIpc) is 3.23. The van der Waals surface area contributed by atoms with E-state index in [0.29, 0.717) is 19.1 Å². The fourth-order valence-electron chi connectivity index (χ4n) is 2.47. The molecule has 0 aromatic carbocycles. The van der Waals surface area contributed by atoms with Gasteiger partial charge in [0.1, 0.15) is 5.60 Å². The van der Waals surface area contributed by atoms with Gasteiger partial charge in [-0.1, -0.05) is 0 Å². The van der Waals surface area contributed by atoms with Gasteiger partial charge in [-0.2, -0.15) is 0 Å². The van der Waals surface area contributed by atoms with Crippen molar-refractivity contribution in [2.75, 3.05) is 26.7 Å². The van der Waals surface area contributed by atoms with Gasteiger partial charge in [0.15, 0.2) is 5.96 Å². The summed E-state index contributed by atoms with van der Waals surface area (Å²) in [5, 5.41) is 6.54. The Morgan fingerprint density at radius 3 is 2.44 bits per heavy atom. The van der Waals surface area contributed by atoms with Crippen LogP contribution in [-0.2, 0) is 11.3 Å². The van der Waals surface area contributed by atoms with Gasteiger partial charge in [0, 0.05) is 51.7 Å². The summed E-state index contributed by atoms with van der Waals surface area (Å²) in [5.41, 5.74) is -0.465. The van der Waals surface area contributed by atoms with Crippen LogP contribution in [0.15, 0.2) is 29.5 Å². The van der Waals surface area contributed by atoms with Crippen LogP contribution in [0.2, 0.25) is 0 Å². The van der Waals surface area contributed by atoms with Crippen molar-refractivity contribution in [3.8, 4) is 0 Å². The maximum Gasteiger partial charge on any atom is 0.410 e. The predicted molar refractivity (Wildman–Crippen MR) is 99.8 cm³/mol. The highest BCUT2D eigenvalue weighted by Crippen LogP contribution is 2.27. The molecule has 0 radical (unpaired) electrons. The van der Waals surface area contributed by atoms with Crippen LogP contribution in [0.25, 0.3) is 0 Å². The molecule has 1 aliphatic carbocycles. The van der Waals surface area contributed by atoms with Crippen molar-refractivity contribution in [1.29, 1.82) is 0 Å². The second-order valence-corrected chi connectivity index (χ2v) is 7.25. The summed E-state index contributed by atoms with van der Waals surface area (Å²) in [5.74, 6) is 0.743. The third-order valence-corrected chi connectivity index (χ3v) is 3.81. The lowest BCUT2D eigenvalue weighted by Crippen LogP contribution is -2.45. The number of hydrogen-bond acceptors (Lipinski definition) is 3. The molecule has 1 aromatic heterocycles. The van der Waals surface area contributed by atoms with E-state index in [0.717, 1.165) is 31.9 Å². The Labute approximate surface area is 150 Å². The SMILES string of the molecule is CN=C(NCCN(C(=O)OC(C)(C)C)C1CC1)NCCn1cccc1. The van der Waals surface area contributed by atoms with E-state index in [1.807, 2.05) is 50.2 Å². The van der Waals surface area contributed by atoms with Crippen molar-refractivity contribution < 1.29 is 9.53 Å². The molecule has 140 valence electrons. The third kappa shape index (κ3) is 7.07. The van der Waals surface area contributed by atoms with E-state index in [2.05, 4.69) is 20.2 Å². The molecule has 0 bridgehead atoms. The molecule has 1 saturated carbocycles. The van der Waals surface area contributed by atoms with Gasteiger partial charge in [0.2, 0.25) is 0 Å². The topological polar surface area (TPSA) is 70.9 Å². The number of amides is 1. The van der Waals surface area contributed by atoms with Gasteiger partial charge in [0.05, 0.1) is 0 Å².